The van der Waals surface area contributed by atoms with Crippen LogP contribution in [0.25, 0.3) is 22.6 Å². The van der Waals surface area contributed by atoms with E-state index < -0.39 is 0 Å². The minimum Gasteiger partial charge on any atom is -0.436 e. The molecule has 1 aromatic heterocycles. The molecule has 0 atom stereocenters. The SMILES string of the molecule is O=C(Nc1ccc2oc(-c3cc(I)ccc3Br)nc2c1)c1ccccc1Br. The van der Waals surface area contributed by atoms with Crippen molar-refractivity contribution in [1.29, 1.82) is 0 Å². The van der Waals surface area contributed by atoms with Crippen LogP contribution in [0.15, 0.2) is 74.0 Å². The summed E-state index contributed by atoms with van der Waals surface area (Å²) in [7, 11) is 0. The predicted octanol–water partition coefficient (Wildman–Crippen LogP) is 6.88. The zero-order chi connectivity index (χ0) is 19.0. The molecular weight excluding hydrogens is 587 g/mol. The summed E-state index contributed by atoms with van der Waals surface area (Å²) >= 11 is 9.19. The summed E-state index contributed by atoms with van der Waals surface area (Å²) < 4.78 is 8.64. The smallest absolute Gasteiger partial charge is 0.256 e. The van der Waals surface area contributed by atoms with Gasteiger partial charge in [0, 0.05) is 18.2 Å². The van der Waals surface area contributed by atoms with Crippen molar-refractivity contribution in [3.05, 3.63) is 78.7 Å². The maximum absolute atomic E-state index is 12.5. The number of carbonyl (C=O) groups excluding carboxylic acids is 1. The van der Waals surface area contributed by atoms with Gasteiger partial charge in [0.15, 0.2) is 5.58 Å². The Morgan fingerprint density at radius 2 is 1.81 bits per heavy atom. The first-order chi connectivity index (χ1) is 13.0. The van der Waals surface area contributed by atoms with E-state index in [0.29, 0.717) is 28.2 Å². The first-order valence-electron chi connectivity index (χ1n) is 7.93. The molecule has 0 aliphatic carbocycles. The number of hydrogen-bond donors (Lipinski definition) is 1. The van der Waals surface area contributed by atoms with Crippen molar-refractivity contribution < 1.29 is 9.21 Å². The summed E-state index contributed by atoms with van der Waals surface area (Å²) in [6.45, 7) is 0. The average molecular weight is 598 g/mol. The Bertz CT molecular complexity index is 1170. The van der Waals surface area contributed by atoms with Crippen molar-refractivity contribution in [2.45, 2.75) is 0 Å². The zero-order valence-electron chi connectivity index (χ0n) is 13.7. The van der Waals surface area contributed by atoms with Crippen LogP contribution in [0.3, 0.4) is 0 Å². The second-order valence-electron chi connectivity index (χ2n) is 5.76. The quantitative estimate of drug-likeness (QED) is 0.262. The molecule has 0 radical (unpaired) electrons. The zero-order valence-corrected chi connectivity index (χ0v) is 19.0. The van der Waals surface area contributed by atoms with Crippen LogP contribution in [0.1, 0.15) is 10.4 Å². The van der Waals surface area contributed by atoms with Crippen LogP contribution in [-0.4, -0.2) is 10.9 Å². The number of nitrogens with zero attached hydrogens (tertiary/aromatic N) is 1. The third kappa shape index (κ3) is 3.95. The number of halogens is 3. The fraction of sp³-hybridized carbons (Fsp3) is 0. The number of rotatable bonds is 3. The predicted molar refractivity (Wildman–Crippen MR) is 122 cm³/mol. The monoisotopic (exact) mass is 596 g/mol. The molecule has 134 valence electrons. The van der Waals surface area contributed by atoms with Gasteiger partial charge >= 0.3 is 0 Å². The normalized spacial score (nSPS) is 10.9. The van der Waals surface area contributed by atoms with E-state index in [4.69, 9.17) is 4.42 Å². The second-order valence-corrected chi connectivity index (χ2v) is 8.71. The van der Waals surface area contributed by atoms with Gasteiger partial charge in [-0.2, -0.15) is 0 Å². The Morgan fingerprint density at radius 1 is 1.00 bits per heavy atom. The van der Waals surface area contributed by atoms with Crippen LogP contribution in [-0.2, 0) is 0 Å². The van der Waals surface area contributed by atoms with Gasteiger partial charge in [-0.1, -0.05) is 12.1 Å². The molecule has 0 spiro atoms. The molecule has 27 heavy (non-hydrogen) atoms. The Labute approximate surface area is 185 Å². The van der Waals surface area contributed by atoms with Crippen molar-refractivity contribution in [2.75, 3.05) is 5.32 Å². The van der Waals surface area contributed by atoms with E-state index in [1.54, 1.807) is 18.2 Å². The lowest BCUT2D eigenvalue weighted by molar-refractivity contribution is 0.102. The fourth-order valence-electron chi connectivity index (χ4n) is 2.63. The number of carbonyl (C=O) groups is 1. The van der Waals surface area contributed by atoms with Crippen LogP contribution < -0.4 is 5.32 Å². The summed E-state index contributed by atoms with van der Waals surface area (Å²) in [6, 6.07) is 18.7. The van der Waals surface area contributed by atoms with Crippen LogP contribution in [0.2, 0.25) is 0 Å². The Balaban J connectivity index is 1.66. The molecule has 1 amide bonds. The Morgan fingerprint density at radius 3 is 2.63 bits per heavy atom. The number of hydrogen-bond acceptors (Lipinski definition) is 3. The lowest BCUT2D eigenvalue weighted by atomic mass is 10.2. The Hall–Kier alpha value is -1.71. The van der Waals surface area contributed by atoms with Gasteiger partial charge in [0.05, 0.1) is 11.1 Å². The molecule has 0 saturated carbocycles. The summed E-state index contributed by atoms with van der Waals surface area (Å²) in [5.74, 6) is 0.343. The maximum atomic E-state index is 12.5. The number of fused-ring (bicyclic) bond motifs is 1. The van der Waals surface area contributed by atoms with Crippen molar-refractivity contribution in [2.24, 2.45) is 0 Å². The van der Waals surface area contributed by atoms with E-state index in [1.165, 1.54) is 0 Å². The molecule has 1 heterocycles. The van der Waals surface area contributed by atoms with Crippen molar-refractivity contribution in [3.63, 3.8) is 0 Å². The number of aromatic nitrogens is 1. The van der Waals surface area contributed by atoms with Gasteiger partial charge in [0.25, 0.3) is 5.91 Å². The first-order valence-corrected chi connectivity index (χ1v) is 10.6. The minimum absolute atomic E-state index is 0.189. The van der Waals surface area contributed by atoms with E-state index in [9.17, 15) is 4.79 Å². The number of nitrogens with one attached hydrogen (secondary N) is 1. The van der Waals surface area contributed by atoms with Gasteiger partial charge in [-0.15, -0.1) is 0 Å². The highest BCUT2D eigenvalue weighted by molar-refractivity contribution is 14.1. The minimum atomic E-state index is -0.189. The van der Waals surface area contributed by atoms with Gasteiger partial charge in [-0.25, -0.2) is 4.98 Å². The van der Waals surface area contributed by atoms with Gasteiger partial charge in [-0.3, -0.25) is 4.79 Å². The molecule has 4 rings (SSSR count). The highest BCUT2D eigenvalue weighted by atomic mass is 127. The maximum Gasteiger partial charge on any atom is 0.256 e. The van der Waals surface area contributed by atoms with Crippen molar-refractivity contribution >= 4 is 77.1 Å². The van der Waals surface area contributed by atoms with E-state index >= 15 is 0 Å². The summed E-state index contributed by atoms with van der Waals surface area (Å²) in [4.78, 5) is 17.1. The third-order valence-corrected chi connectivity index (χ3v) is 5.98. The van der Waals surface area contributed by atoms with Crippen molar-refractivity contribution in [1.82, 2.24) is 4.98 Å². The molecule has 7 heteroatoms. The van der Waals surface area contributed by atoms with E-state index in [0.717, 1.165) is 18.1 Å². The van der Waals surface area contributed by atoms with Crippen LogP contribution >= 0.6 is 54.5 Å². The van der Waals surface area contributed by atoms with Gasteiger partial charge in [0.2, 0.25) is 5.89 Å². The van der Waals surface area contributed by atoms with E-state index in [-0.39, 0.29) is 5.91 Å². The first kappa shape index (κ1) is 18.6. The van der Waals surface area contributed by atoms with E-state index in [2.05, 4.69) is 64.8 Å². The Kier molecular flexibility index (Phi) is 5.34. The summed E-state index contributed by atoms with van der Waals surface area (Å²) in [5, 5.41) is 2.90. The standard InChI is InChI=1S/C20H11Br2IN2O2/c21-15-4-2-1-3-13(15)19(26)24-12-6-8-18-17(10-12)25-20(27-18)14-9-11(23)5-7-16(14)22/h1-10H,(H,24,26). The number of oxazole rings is 1. The molecule has 0 fully saturated rings. The topological polar surface area (TPSA) is 55.1 Å². The second kappa shape index (κ2) is 7.73. The molecule has 0 aliphatic heterocycles. The van der Waals surface area contributed by atoms with Gasteiger partial charge < -0.3 is 9.73 Å². The van der Waals surface area contributed by atoms with Gasteiger partial charge in [0.1, 0.15) is 5.52 Å². The van der Waals surface area contributed by atoms with E-state index in [1.807, 2.05) is 42.5 Å². The van der Waals surface area contributed by atoms with Crippen molar-refractivity contribution in [3.8, 4) is 11.5 Å². The number of anilines is 1. The third-order valence-electron chi connectivity index (χ3n) is 3.92. The highest BCUT2D eigenvalue weighted by Crippen LogP contribution is 2.32. The lowest BCUT2D eigenvalue weighted by Crippen LogP contribution is -2.12. The van der Waals surface area contributed by atoms with Crippen LogP contribution in [0.4, 0.5) is 5.69 Å². The molecule has 4 nitrogen and oxygen atoms in total. The molecular formula is C20H11Br2IN2O2. The summed E-state index contributed by atoms with van der Waals surface area (Å²) in [6.07, 6.45) is 0. The van der Waals surface area contributed by atoms with Crippen LogP contribution in [0.5, 0.6) is 0 Å². The molecule has 0 bridgehead atoms. The van der Waals surface area contributed by atoms with Crippen LogP contribution in [0, 0.1) is 3.57 Å². The molecule has 0 aliphatic rings. The number of benzene rings is 3. The molecule has 3 aromatic carbocycles. The largest absolute Gasteiger partial charge is 0.436 e. The molecule has 1 N–H and O–H groups in total. The average Bonchev–Trinajstić information content (AvgIpc) is 3.07. The molecule has 0 saturated heterocycles. The number of amides is 1. The lowest BCUT2D eigenvalue weighted by Gasteiger charge is -2.06. The summed E-state index contributed by atoms with van der Waals surface area (Å²) in [5.41, 5.74) is 3.46. The fourth-order valence-corrected chi connectivity index (χ4v) is 4.00. The van der Waals surface area contributed by atoms with Gasteiger partial charge in [-0.05, 0) is 103 Å². The molecule has 0 unspecified atom stereocenters. The highest BCUT2D eigenvalue weighted by Gasteiger charge is 2.14. The molecule has 4 aromatic rings.